The molecule has 50 heavy (non-hydrogen) atoms. The summed E-state index contributed by atoms with van der Waals surface area (Å²) >= 11 is 0. The number of amides is 2. The lowest BCUT2D eigenvalue weighted by atomic mass is 9.89. The summed E-state index contributed by atoms with van der Waals surface area (Å²) in [6.07, 6.45) is 9.63. The van der Waals surface area contributed by atoms with E-state index in [0.29, 0.717) is 12.0 Å². The van der Waals surface area contributed by atoms with Crippen LogP contribution in [0.25, 0.3) is 0 Å². The zero-order valence-electron chi connectivity index (χ0n) is 28.1. The summed E-state index contributed by atoms with van der Waals surface area (Å²) in [7, 11) is -1.85. The van der Waals surface area contributed by atoms with E-state index in [9.17, 15) is 9.59 Å². The summed E-state index contributed by atoms with van der Waals surface area (Å²) in [5.41, 5.74) is 1.56. The average molecular weight is 693 g/mol. The van der Waals surface area contributed by atoms with Crippen molar-refractivity contribution in [3.63, 3.8) is 0 Å². The standard InChI is InChI=1S/C44H42N2O2P2/c47-43(37-27-13-17-31-41(37)49(33-19-5-1-6-20-33)34-21-7-2-8-22-34)45-39-29-15-16-30-40(39)46-44(48)38-28-14-18-32-42(38)50(35-23-9-3-10-24-35)36-25-11-4-12-26-36/h1-13,17-27,31-32,39-40H,14-16,28-30H2,(H,45,47)(H,46,48)/t39-,40-/m0/s1. The molecule has 2 aliphatic rings. The summed E-state index contributed by atoms with van der Waals surface area (Å²) in [6, 6.07) is 49.8. The smallest absolute Gasteiger partial charge is 0.252 e. The number of carbonyl (C=O) groups excluding carboxylic acids is 2. The molecule has 1 fully saturated rings. The van der Waals surface area contributed by atoms with Gasteiger partial charge in [-0.2, -0.15) is 0 Å². The molecule has 2 atom stereocenters. The van der Waals surface area contributed by atoms with Crippen LogP contribution in [0.5, 0.6) is 0 Å². The van der Waals surface area contributed by atoms with Crippen molar-refractivity contribution in [1.82, 2.24) is 10.6 Å². The van der Waals surface area contributed by atoms with Crippen LogP contribution in [0, 0.1) is 0 Å². The molecule has 2 N–H and O–H groups in total. The summed E-state index contributed by atoms with van der Waals surface area (Å²) in [5, 5.41) is 13.9. The molecule has 7 rings (SSSR count). The maximum absolute atomic E-state index is 14.3. The van der Waals surface area contributed by atoms with Gasteiger partial charge in [-0.25, -0.2) is 0 Å². The fourth-order valence-electron chi connectivity index (χ4n) is 7.09. The Kier molecular flexibility index (Phi) is 11.1. The number of hydrogen-bond donors (Lipinski definition) is 2. The SMILES string of the molecule is O=C(N[C@H]1CCCC[C@@H]1NC(=O)c1ccccc1P(c1ccccc1)c1ccccc1)C1=C(P(c2ccccc2)c2ccccc2)C=CCC1. The Morgan fingerprint density at radius 3 is 1.48 bits per heavy atom. The first-order valence-electron chi connectivity index (χ1n) is 17.6. The molecular formula is C44H42N2O2P2. The van der Waals surface area contributed by atoms with Crippen LogP contribution in [0.2, 0.25) is 0 Å². The second-order valence-electron chi connectivity index (χ2n) is 12.8. The van der Waals surface area contributed by atoms with Crippen molar-refractivity contribution in [2.45, 2.75) is 50.6 Å². The van der Waals surface area contributed by atoms with E-state index in [1.807, 2.05) is 42.5 Å². The topological polar surface area (TPSA) is 58.2 Å². The number of nitrogens with one attached hydrogen (secondary N) is 2. The minimum absolute atomic E-state index is 0.00747. The van der Waals surface area contributed by atoms with Crippen molar-refractivity contribution < 1.29 is 9.59 Å². The van der Waals surface area contributed by atoms with E-state index in [1.54, 1.807) is 0 Å². The summed E-state index contributed by atoms with van der Waals surface area (Å²) < 4.78 is 0. The molecule has 0 bridgehead atoms. The molecule has 5 aromatic carbocycles. The van der Waals surface area contributed by atoms with E-state index in [4.69, 9.17) is 0 Å². The van der Waals surface area contributed by atoms with Gasteiger partial charge in [0.05, 0.1) is 0 Å². The first-order chi connectivity index (χ1) is 24.7. The quantitative estimate of drug-likeness (QED) is 0.151. The highest BCUT2D eigenvalue weighted by molar-refractivity contribution is 7.80. The summed E-state index contributed by atoms with van der Waals surface area (Å²) in [4.78, 5) is 28.6. The fourth-order valence-corrected chi connectivity index (χ4v) is 12.1. The van der Waals surface area contributed by atoms with Gasteiger partial charge in [0, 0.05) is 23.2 Å². The van der Waals surface area contributed by atoms with Gasteiger partial charge in [0.15, 0.2) is 0 Å². The lowest BCUT2D eigenvalue weighted by Gasteiger charge is -2.34. The van der Waals surface area contributed by atoms with Gasteiger partial charge in [0.2, 0.25) is 5.91 Å². The van der Waals surface area contributed by atoms with Crippen molar-refractivity contribution in [3.8, 4) is 0 Å². The molecule has 0 saturated heterocycles. The number of hydrogen-bond acceptors (Lipinski definition) is 2. The Labute approximate surface area is 298 Å². The molecule has 6 heteroatoms. The van der Waals surface area contributed by atoms with E-state index >= 15 is 0 Å². The first-order valence-corrected chi connectivity index (χ1v) is 20.3. The normalized spacial score (nSPS) is 17.5. The highest BCUT2D eigenvalue weighted by Crippen LogP contribution is 2.47. The van der Waals surface area contributed by atoms with E-state index in [-0.39, 0.29) is 23.9 Å². The third kappa shape index (κ3) is 7.73. The zero-order chi connectivity index (χ0) is 34.1. The molecule has 0 aromatic heterocycles. The third-order valence-electron chi connectivity index (χ3n) is 9.51. The highest BCUT2D eigenvalue weighted by atomic mass is 31.1. The average Bonchev–Trinajstić information content (AvgIpc) is 3.18. The van der Waals surface area contributed by atoms with Crippen LogP contribution in [0.1, 0.15) is 48.9 Å². The molecular weight excluding hydrogens is 650 g/mol. The Bertz CT molecular complexity index is 1880. The number of carbonyl (C=O) groups is 2. The predicted molar refractivity (Wildman–Crippen MR) is 211 cm³/mol. The Hall–Kier alpha value is -4.62. The van der Waals surface area contributed by atoms with Gasteiger partial charge in [0.1, 0.15) is 0 Å². The minimum Gasteiger partial charge on any atom is -0.347 e. The highest BCUT2D eigenvalue weighted by Gasteiger charge is 2.32. The van der Waals surface area contributed by atoms with Gasteiger partial charge < -0.3 is 10.6 Å². The molecule has 4 nitrogen and oxygen atoms in total. The van der Waals surface area contributed by atoms with Crippen LogP contribution in [-0.2, 0) is 4.79 Å². The van der Waals surface area contributed by atoms with Gasteiger partial charge in [-0.1, -0.05) is 165 Å². The first kappa shape index (κ1) is 33.9. The predicted octanol–water partition coefficient (Wildman–Crippen LogP) is 7.34. The third-order valence-corrected chi connectivity index (χ3v) is 14.5. The molecule has 0 radical (unpaired) electrons. The molecule has 0 unspecified atom stereocenters. The van der Waals surface area contributed by atoms with Crippen molar-refractivity contribution in [2.75, 3.05) is 0 Å². The molecule has 1 saturated carbocycles. The van der Waals surface area contributed by atoms with Crippen molar-refractivity contribution in [3.05, 3.63) is 174 Å². The molecule has 0 aliphatic heterocycles. The van der Waals surface area contributed by atoms with Crippen LogP contribution in [0.15, 0.2) is 169 Å². The van der Waals surface area contributed by atoms with Gasteiger partial charge in [-0.3, -0.25) is 9.59 Å². The van der Waals surface area contributed by atoms with Gasteiger partial charge >= 0.3 is 0 Å². The molecule has 5 aromatic rings. The molecule has 250 valence electrons. The van der Waals surface area contributed by atoms with Crippen LogP contribution < -0.4 is 37.2 Å². The second-order valence-corrected chi connectivity index (χ2v) is 17.2. The Morgan fingerprint density at radius 2 is 0.960 bits per heavy atom. The van der Waals surface area contributed by atoms with Crippen molar-refractivity contribution in [1.29, 1.82) is 0 Å². The molecule has 2 aliphatic carbocycles. The largest absolute Gasteiger partial charge is 0.347 e. The van der Waals surface area contributed by atoms with Crippen molar-refractivity contribution in [2.24, 2.45) is 0 Å². The molecule has 0 heterocycles. The van der Waals surface area contributed by atoms with Gasteiger partial charge in [-0.05, 0) is 79.4 Å². The van der Waals surface area contributed by atoms with Crippen LogP contribution in [0.3, 0.4) is 0 Å². The van der Waals surface area contributed by atoms with E-state index in [0.717, 1.165) is 48.3 Å². The van der Waals surface area contributed by atoms with Crippen LogP contribution in [-0.4, -0.2) is 23.9 Å². The summed E-state index contributed by atoms with van der Waals surface area (Å²) in [6.45, 7) is 0. The number of allylic oxidation sites excluding steroid dienone is 3. The fraction of sp³-hybridized carbons (Fsp3) is 0.182. The van der Waals surface area contributed by atoms with E-state index in [1.165, 1.54) is 21.2 Å². The van der Waals surface area contributed by atoms with Crippen LogP contribution >= 0.6 is 15.8 Å². The second kappa shape index (κ2) is 16.4. The maximum Gasteiger partial charge on any atom is 0.252 e. The van der Waals surface area contributed by atoms with E-state index < -0.39 is 15.8 Å². The van der Waals surface area contributed by atoms with Crippen LogP contribution in [0.4, 0.5) is 0 Å². The lowest BCUT2D eigenvalue weighted by Crippen LogP contribution is -2.54. The number of benzene rings is 5. The zero-order valence-corrected chi connectivity index (χ0v) is 29.9. The van der Waals surface area contributed by atoms with Crippen molar-refractivity contribution >= 4 is 54.2 Å². The lowest BCUT2D eigenvalue weighted by molar-refractivity contribution is -0.118. The van der Waals surface area contributed by atoms with Gasteiger partial charge in [0.25, 0.3) is 5.91 Å². The molecule has 0 spiro atoms. The maximum atomic E-state index is 14.3. The Morgan fingerprint density at radius 1 is 0.520 bits per heavy atom. The Balaban J connectivity index is 1.16. The van der Waals surface area contributed by atoms with Gasteiger partial charge in [-0.15, -0.1) is 0 Å². The minimum atomic E-state index is -0.947. The molecule has 2 amide bonds. The number of rotatable bonds is 10. The monoisotopic (exact) mass is 692 g/mol. The summed E-state index contributed by atoms with van der Waals surface area (Å²) in [5.74, 6) is -0.0878. The van der Waals surface area contributed by atoms with E-state index in [2.05, 4.69) is 126 Å².